The van der Waals surface area contributed by atoms with Crippen LogP contribution in [0.4, 0.5) is 0 Å². The van der Waals surface area contributed by atoms with Crippen molar-refractivity contribution in [3.63, 3.8) is 0 Å². The van der Waals surface area contributed by atoms with Gasteiger partial charge in [0.15, 0.2) is 17.5 Å². The van der Waals surface area contributed by atoms with Crippen LogP contribution in [-0.4, -0.2) is 23.1 Å². The summed E-state index contributed by atoms with van der Waals surface area (Å²) in [6.45, 7) is 3.66. The molecule has 2 fully saturated rings. The summed E-state index contributed by atoms with van der Waals surface area (Å²) >= 11 is 0. The molecule has 2 atom stereocenters. The summed E-state index contributed by atoms with van der Waals surface area (Å²) in [5.41, 5.74) is -0.656. The molecule has 0 aromatic carbocycles. The van der Waals surface area contributed by atoms with E-state index in [-0.39, 0.29) is 24.4 Å². The van der Waals surface area contributed by atoms with Gasteiger partial charge >= 0.3 is 5.97 Å². The van der Waals surface area contributed by atoms with E-state index in [0.29, 0.717) is 12.3 Å². The lowest BCUT2D eigenvalue weighted by molar-refractivity contribution is -0.178. The molecule has 0 N–H and O–H groups in total. The van der Waals surface area contributed by atoms with Crippen LogP contribution in [-0.2, 0) is 19.1 Å². The van der Waals surface area contributed by atoms with Crippen LogP contribution in [0.1, 0.15) is 46.0 Å². The van der Waals surface area contributed by atoms with Crippen LogP contribution in [0.25, 0.3) is 0 Å². The van der Waals surface area contributed by atoms with Gasteiger partial charge in [-0.25, -0.2) is 0 Å². The van der Waals surface area contributed by atoms with Crippen LogP contribution < -0.4 is 0 Å². The number of cyclic esters (lactones) is 1. The zero-order valence-corrected chi connectivity index (χ0v) is 10.3. The molecular weight excluding hydrogens is 220 g/mol. The Hall–Kier alpha value is -1.19. The molecule has 0 aromatic heterocycles. The molecule has 0 aromatic rings. The van der Waals surface area contributed by atoms with E-state index in [1.54, 1.807) is 6.92 Å². The molecule has 0 amide bonds. The fourth-order valence-electron chi connectivity index (χ4n) is 2.53. The van der Waals surface area contributed by atoms with Crippen molar-refractivity contribution in [1.82, 2.24) is 0 Å². The van der Waals surface area contributed by atoms with Gasteiger partial charge in [0.25, 0.3) is 0 Å². The predicted molar refractivity (Wildman–Crippen MR) is 60.3 cm³/mol. The summed E-state index contributed by atoms with van der Waals surface area (Å²) in [5, 5.41) is 0. The lowest BCUT2D eigenvalue weighted by Gasteiger charge is -2.35. The highest BCUT2D eigenvalue weighted by Gasteiger charge is 2.53. The lowest BCUT2D eigenvalue weighted by atomic mass is 9.82. The van der Waals surface area contributed by atoms with Gasteiger partial charge in [-0.3, -0.25) is 14.4 Å². The first-order chi connectivity index (χ1) is 7.98. The third-order valence-electron chi connectivity index (χ3n) is 3.68. The van der Waals surface area contributed by atoms with Crippen LogP contribution in [0.15, 0.2) is 0 Å². The van der Waals surface area contributed by atoms with Gasteiger partial charge in [-0.1, -0.05) is 6.92 Å². The van der Waals surface area contributed by atoms with Gasteiger partial charge in [0.1, 0.15) is 5.60 Å². The minimum atomic E-state index is -1.15. The van der Waals surface area contributed by atoms with E-state index in [1.165, 1.54) is 0 Å². The Labute approximate surface area is 101 Å². The molecule has 1 aliphatic heterocycles. The number of Topliss-reactive ketones (excluding diaryl/α,β-unsaturated/α-hetero) is 2. The molecule has 0 radical (unpaired) electrons. The van der Waals surface area contributed by atoms with Crippen molar-refractivity contribution in [2.45, 2.75) is 51.6 Å². The van der Waals surface area contributed by atoms with Crippen molar-refractivity contribution in [2.75, 3.05) is 0 Å². The number of carbonyl (C=O) groups excluding carboxylic acids is 3. The maximum absolute atomic E-state index is 11.9. The van der Waals surface area contributed by atoms with Crippen molar-refractivity contribution in [3.05, 3.63) is 0 Å². The second kappa shape index (κ2) is 4.24. The van der Waals surface area contributed by atoms with Crippen LogP contribution >= 0.6 is 0 Å². The first kappa shape index (κ1) is 12.3. The molecule has 94 valence electrons. The minimum absolute atomic E-state index is 0.198. The average molecular weight is 238 g/mol. The number of hydrogen-bond acceptors (Lipinski definition) is 4. The number of esters is 1. The molecule has 1 aliphatic carbocycles. The van der Waals surface area contributed by atoms with E-state index in [0.717, 1.165) is 12.8 Å². The average Bonchev–Trinajstić information content (AvgIpc) is 2.98. The summed E-state index contributed by atoms with van der Waals surface area (Å²) in [5.74, 6) is -2.03. The highest BCUT2D eigenvalue weighted by Crippen LogP contribution is 2.46. The lowest BCUT2D eigenvalue weighted by Crippen LogP contribution is -2.49. The number of hydrogen-bond donors (Lipinski definition) is 0. The molecule has 1 saturated heterocycles. The van der Waals surface area contributed by atoms with Crippen molar-refractivity contribution in [1.29, 1.82) is 0 Å². The van der Waals surface area contributed by atoms with Crippen LogP contribution in [0.3, 0.4) is 0 Å². The molecule has 2 rings (SSSR count). The monoisotopic (exact) mass is 238 g/mol. The summed E-state index contributed by atoms with van der Waals surface area (Å²) in [7, 11) is 0. The molecule has 0 bridgehead atoms. The van der Waals surface area contributed by atoms with Gasteiger partial charge in [0, 0.05) is 12.8 Å². The van der Waals surface area contributed by atoms with Crippen LogP contribution in [0.5, 0.6) is 0 Å². The van der Waals surface area contributed by atoms with E-state index >= 15 is 0 Å². The molecule has 17 heavy (non-hydrogen) atoms. The second-order valence-corrected chi connectivity index (χ2v) is 5.30. The Morgan fingerprint density at radius 1 is 1.41 bits per heavy atom. The Morgan fingerprint density at radius 2 is 2.06 bits per heavy atom. The molecular formula is C13H18O4. The van der Waals surface area contributed by atoms with Crippen LogP contribution in [0, 0.1) is 11.8 Å². The number of ketones is 2. The van der Waals surface area contributed by atoms with Gasteiger partial charge in [0.05, 0.1) is 0 Å². The maximum Gasteiger partial charge on any atom is 0.324 e. The zero-order valence-electron chi connectivity index (χ0n) is 10.3. The third kappa shape index (κ3) is 2.26. The molecule has 0 spiro atoms. The molecule has 1 saturated carbocycles. The number of carbonyl (C=O) groups is 3. The SMILES string of the molecule is CCCC(=O)C1C(=O)CC(C)(C2CC2)OC1=O. The molecule has 4 nitrogen and oxygen atoms in total. The first-order valence-electron chi connectivity index (χ1n) is 6.26. The van der Waals surface area contributed by atoms with E-state index in [2.05, 4.69) is 0 Å². The Morgan fingerprint density at radius 3 is 2.53 bits per heavy atom. The topological polar surface area (TPSA) is 60.4 Å². The molecule has 2 unspecified atom stereocenters. The smallest absolute Gasteiger partial charge is 0.324 e. The quantitative estimate of drug-likeness (QED) is 0.552. The summed E-state index contributed by atoms with van der Waals surface area (Å²) in [4.78, 5) is 35.4. The normalized spacial score (nSPS) is 33.4. The molecule has 1 heterocycles. The van der Waals surface area contributed by atoms with Crippen molar-refractivity contribution >= 4 is 17.5 Å². The minimum Gasteiger partial charge on any atom is -0.458 e. The molecule has 4 heteroatoms. The highest BCUT2D eigenvalue weighted by molar-refractivity contribution is 6.18. The number of rotatable bonds is 4. The van der Waals surface area contributed by atoms with Gasteiger partial charge in [-0.15, -0.1) is 0 Å². The zero-order chi connectivity index (χ0) is 12.6. The van der Waals surface area contributed by atoms with Crippen molar-refractivity contribution in [2.24, 2.45) is 11.8 Å². The first-order valence-corrected chi connectivity index (χ1v) is 6.26. The van der Waals surface area contributed by atoms with Crippen molar-refractivity contribution in [3.8, 4) is 0 Å². The summed E-state index contributed by atoms with van der Waals surface area (Å²) in [6, 6.07) is 0. The summed E-state index contributed by atoms with van der Waals surface area (Å²) < 4.78 is 5.37. The van der Waals surface area contributed by atoms with E-state index in [1.807, 2.05) is 6.92 Å². The highest BCUT2D eigenvalue weighted by atomic mass is 16.6. The van der Waals surface area contributed by atoms with Gasteiger partial charge in [-0.05, 0) is 32.1 Å². The summed E-state index contributed by atoms with van der Waals surface area (Å²) in [6.07, 6.45) is 3.13. The standard InChI is InChI=1S/C13H18O4/c1-3-4-9(14)11-10(15)7-13(2,8-5-6-8)17-12(11)16/h8,11H,3-7H2,1-2H3. The Balaban J connectivity index is 2.11. The van der Waals surface area contributed by atoms with E-state index in [9.17, 15) is 14.4 Å². The Kier molecular flexibility index (Phi) is 3.06. The van der Waals surface area contributed by atoms with E-state index < -0.39 is 17.5 Å². The van der Waals surface area contributed by atoms with Gasteiger partial charge in [0.2, 0.25) is 0 Å². The second-order valence-electron chi connectivity index (χ2n) is 5.30. The number of ether oxygens (including phenoxy) is 1. The van der Waals surface area contributed by atoms with E-state index in [4.69, 9.17) is 4.74 Å². The largest absolute Gasteiger partial charge is 0.458 e. The Bertz CT molecular complexity index is 350. The maximum atomic E-state index is 11.9. The predicted octanol–water partition coefficient (Wildman–Crippen LogP) is 1.66. The fourth-order valence-corrected chi connectivity index (χ4v) is 2.53. The fraction of sp³-hybridized carbons (Fsp3) is 0.769. The molecule has 2 aliphatic rings. The van der Waals surface area contributed by atoms with Crippen LogP contribution in [0.2, 0.25) is 0 Å². The van der Waals surface area contributed by atoms with Crippen molar-refractivity contribution < 1.29 is 19.1 Å². The van der Waals surface area contributed by atoms with Gasteiger partial charge < -0.3 is 4.74 Å². The third-order valence-corrected chi connectivity index (χ3v) is 3.68. The van der Waals surface area contributed by atoms with Gasteiger partial charge in [-0.2, -0.15) is 0 Å².